The minimum atomic E-state index is -0.483. The van der Waals surface area contributed by atoms with Gasteiger partial charge in [-0.3, -0.25) is 9.59 Å². The van der Waals surface area contributed by atoms with Crippen molar-refractivity contribution in [3.8, 4) is 0 Å². The minimum absolute atomic E-state index is 0.294. The average Bonchev–Trinajstić information content (AvgIpc) is 2.66. The van der Waals surface area contributed by atoms with Gasteiger partial charge in [-0.05, 0) is 49.2 Å². The van der Waals surface area contributed by atoms with Crippen LogP contribution in [0.3, 0.4) is 0 Å². The zero-order valence-electron chi connectivity index (χ0n) is 15.1. The lowest BCUT2D eigenvalue weighted by atomic mass is 10.0. The van der Waals surface area contributed by atoms with Gasteiger partial charge in [-0.25, -0.2) is 9.48 Å². The van der Waals surface area contributed by atoms with Crippen molar-refractivity contribution in [1.29, 1.82) is 0 Å². The Hall–Kier alpha value is -3.55. The molecule has 8 heteroatoms. The number of fused-ring (bicyclic) bond motifs is 1. The summed E-state index contributed by atoms with van der Waals surface area (Å²) in [6.45, 7) is 3.34. The van der Waals surface area contributed by atoms with Crippen LogP contribution in [0.25, 0.3) is 10.9 Å². The van der Waals surface area contributed by atoms with E-state index in [1.54, 1.807) is 43.3 Å². The molecular weight excluding hydrogens is 348 g/mol. The number of carbonyl (C=O) groups is 2. The van der Waals surface area contributed by atoms with E-state index in [0.29, 0.717) is 22.2 Å². The topological polar surface area (TPSA) is 103 Å². The van der Waals surface area contributed by atoms with Crippen LogP contribution < -0.4 is 10.9 Å². The molecule has 0 saturated carbocycles. The van der Waals surface area contributed by atoms with Crippen molar-refractivity contribution < 1.29 is 14.3 Å². The molecule has 0 saturated heterocycles. The Morgan fingerprint density at radius 1 is 1.19 bits per heavy atom. The zero-order chi connectivity index (χ0) is 19.6. The highest BCUT2D eigenvalue weighted by Crippen LogP contribution is 2.20. The molecule has 0 bridgehead atoms. The van der Waals surface area contributed by atoms with E-state index in [1.165, 1.54) is 7.11 Å². The van der Waals surface area contributed by atoms with Gasteiger partial charge in [-0.2, -0.15) is 0 Å². The second-order valence-electron chi connectivity index (χ2n) is 6.07. The summed E-state index contributed by atoms with van der Waals surface area (Å²) >= 11 is 0. The zero-order valence-corrected chi connectivity index (χ0v) is 15.1. The summed E-state index contributed by atoms with van der Waals surface area (Å²) in [5.74, 6) is -0.941. The van der Waals surface area contributed by atoms with Gasteiger partial charge < -0.3 is 10.1 Å². The standard InChI is InChI=1S/C19H18N4O4/c1-11-8-13(9-15(12(11)2)19(26)27-3)20-17(24)10-23-18(25)14-6-4-5-7-16(14)21-22-23/h4-9H,10H2,1-3H3,(H,20,24). The van der Waals surface area contributed by atoms with Crippen LogP contribution in [0, 0.1) is 13.8 Å². The van der Waals surface area contributed by atoms with E-state index in [1.807, 2.05) is 6.92 Å². The van der Waals surface area contributed by atoms with E-state index in [9.17, 15) is 14.4 Å². The molecule has 1 heterocycles. The number of benzene rings is 2. The molecule has 0 aliphatic carbocycles. The molecular formula is C19H18N4O4. The Balaban J connectivity index is 1.84. The van der Waals surface area contributed by atoms with Gasteiger partial charge in [0.15, 0.2) is 0 Å². The van der Waals surface area contributed by atoms with Gasteiger partial charge in [0, 0.05) is 5.69 Å². The van der Waals surface area contributed by atoms with Crippen molar-refractivity contribution in [2.75, 3.05) is 12.4 Å². The molecule has 0 atom stereocenters. The predicted molar refractivity (Wildman–Crippen MR) is 99.7 cm³/mol. The van der Waals surface area contributed by atoms with Crippen molar-refractivity contribution in [2.45, 2.75) is 20.4 Å². The van der Waals surface area contributed by atoms with Gasteiger partial charge in [0.2, 0.25) is 5.91 Å². The second kappa shape index (κ2) is 7.36. The van der Waals surface area contributed by atoms with Crippen LogP contribution >= 0.6 is 0 Å². The Bertz CT molecular complexity index is 1100. The fourth-order valence-electron chi connectivity index (χ4n) is 2.72. The number of ether oxygens (including phenoxy) is 1. The van der Waals surface area contributed by atoms with Crippen LogP contribution in [0.15, 0.2) is 41.2 Å². The number of methoxy groups -OCH3 is 1. The van der Waals surface area contributed by atoms with Crippen molar-refractivity contribution in [3.05, 3.63) is 63.4 Å². The molecule has 0 radical (unpaired) electrons. The second-order valence-corrected chi connectivity index (χ2v) is 6.07. The maximum absolute atomic E-state index is 12.4. The highest BCUT2D eigenvalue weighted by molar-refractivity contribution is 5.96. The van der Waals surface area contributed by atoms with Crippen molar-refractivity contribution in [1.82, 2.24) is 15.0 Å². The Morgan fingerprint density at radius 3 is 2.67 bits per heavy atom. The van der Waals surface area contributed by atoms with E-state index >= 15 is 0 Å². The Morgan fingerprint density at radius 2 is 1.93 bits per heavy atom. The number of esters is 1. The Kier molecular flexibility index (Phi) is 4.98. The average molecular weight is 366 g/mol. The maximum atomic E-state index is 12.4. The molecule has 1 amide bonds. The number of nitrogens with one attached hydrogen (secondary N) is 1. The van der Waals surface area contributed by atoms with Crippen molar-refractivity contribution >= 4 is 28.5 Å². The summed E-state index contributed by atoms with van der Waals surface area (Å²) in [7, 11) is 1.30. The molecule has 138 valence electrons. The third kappa shape index (κ3) is 3.69. The summed E-state index contributed by atoms with van der Waals surface area (Å²) in [5.41, 5.74) is 2.48. The van der Waals surface area contributed by atoms with Crippen molar-refractivity contribution in [2.24, 2.45) is 0 Å². The van der Waals surface area contributed by atoms with E-state index in [0.717, 1.165) is 15.8 Å². The van der Waals surface area contributed by atoms with Crippen LogP contribution in [0.2, 0.25) is 0 Å². The molecule has 0 aliphatic heterocycles. The molecule has 2 aromatic carbocycles. The lowest BCUT2D eigenvalue weighted by Crippen LogP contribution is -2.30. The first-order chi connectivity index (χ1) is 12.9. The SMILES string of the molecule is COC(=O)c1cc(NC(=O)Cn2nnc3ccccc3c2=O)cc(C)c1C. The number of hydrogen-bond donors (Lipinski definition) is 1. The molecule has 27 heavy (non-hydrogen) atoms. The van der Waals surface area contributed by atoms with Gasteiger partial charge in [0.05, 0.1) is 18.1 Å². The smallest absolute Gasteiger partial charge is 0.338 e. The van der Waals surface area contributed by atoms with Gasteiger partial charge in [0.1, 0.15) is 12.1 Å². The summed E-state index contributed by atoms with van der Waals surface area (Å²) in [4.78, 5) is 36.7. The molecule has 0 unspecified atom stereocenters. The van der Waals surface area contributed by atoms with E-state index in [-0.39, 0.29) is 6.54 Å². The first-order valence-electron chi connectivity index (χ1n) is 8.22. The summed E-state index contributed by atoms with van der Waals surface area (Å²) < 4.78 is 5.77. The third-order valence-electron chi connectivity index (χ3n) is 4.28. The van der Waals surface area contributed by atoms with Crippen LogP contribution in [0.5, 0.6) is 0 Å². The van der Waals surface area contributed by atoms with Crippen LogP contribution in [-0.4, -0.2) is 34.0 Å². The summed E-state index contributed by atoms with van der Waals surface area (Å²) in [6.07, 6.45) is 0. The van der Waals surface area contributed by atoms with Gasteiger partial charge >= 0.3 is 5.97 Å². The molecule has 8 nitrogen and oxygen atoms in total. The van der Waals surface area contributed by atoms with Crippen LogP contribution in [0.4, 0.5) is 5.69 Å². The van der Waals surface area contributed by atoms with E-state index in [4.69, 9.17) is 4.74 Å². The van der Waals surface area contributed by atoms with Crippen molar-refractivity contribution in [3.63, 3.8) is 0 Å². The Labute approximate surface area is 154 Å². The molecule has 0 spiro atoms. The lowest BCUT2D eigenvalue weighted by Gasteiger charge is -2.12. The maximum Gasteiger partial charge on any atom is 0.338 e. The number of rotatable bonds is 4. The summed E-state index contributed by atoms with van der Waals surface area (Å²) in [5, 5.41) is 10.8. The van der Waals surface area contributed by atoms with Gasteiger partial charge in [0.25, 0.3) is 5.56 Å². The first kappa shape index (κ1) is 18.2. The normalized spacial score (nSPS) is 10.6. The van der Waals surface area contributed by atoms with E-state index < -0.39 is 17.4 Å². The highest BCUT2D eigenvalue weighted by atomic mass is 16.5. The van der Waals surface area contributed by atoms with Crippen LogP contribution in [0.1, 0.15) is 21.5 Å². The van der Waals surface area contributed by atoms with E-state index in [2.05, 4.69) is 15.6 Å². The number of hydrogen-bond acceptors (Lipinski definition) is 6. The minimum Gasteiger partial charge on any atom is -0.465 e. The number of aryl methyl sites for hydroxylation is 1. The number of aromatic nitrogens is 3. The highest BCUT2D eigenvalue weighted by Gasteiger charge is 2.15. The summed E-state index contributed by atoms with van der Waals surface area (Å²) in [6, 6.07) is 10.1. The number of amides is 1. The fraction of sp³-hybridized carbons (Fsp3) is 0.211. The fourth-order valence-corrected chi connectivity index (χ4v) is 2.72. The number of carbonyl (C=O) groups excluding carboxylic acids is 2. The third-order valence-corrected chi connectivity index (χ3v) is 4.28. The largest absolute Gasteiger partial charge is 0.465 e. The van der Waals surface area contributed by atoms with Gasteiger partial charge in [-0.1, -0.05) is 17.3 Å². The predicted octanol–water partition coefficient (Wildman–Crippen LogP) is 1.83. The molecule has 0 fully saturated rings. The molecule has 3 rings (SSSR count). The molecule has 1 N–H and O–H groups in total. The molecule has 1 aromatic heterocycles. The number of nitrogens with zero attached hydrogens (tertiary/aromatic N) is 3. The molecule has 3 aromatic rings. The van der Waals surface area contributed by atoms with Gasteiger partial charge in [-0.15, -0.1) is 5.10 Å². The van der Waals surface area contributed by atoms with Crippen LogP contribution in [-0.2, 0) is 16.1 Å². The molecule has 0 aliphatic rings. The quantitative estimate of drug-likeness (QED) is 0.707. The lowest BCUT2D eigenvalue weighted by molar-refractivity contribution is -0.117. The number of anilines is 1. The monoisotopic (exact) mass is 366 g/mol. The first-order valence-corrected chi connectivity index (χ1v) is 8.22.